The molecule has 0 saturated carbocycles. The SMILES string of the molecule is CCCOC(C)(CC(C)C)C(=O)Nc1ccc(OCCN2CCCCC2C)cc1. The topological polar surface area (TPSA) is 50.8 Å². The summed E-state index contributed by atoms with van der Waals surface area (Å²) in [7, 11) is 0. The second kappa shape index (κ2) is 11.6. The van der Waals surface area contributed by atoms with Crippen LogP contribution in [0.2, 0.25) is 0 Å². The van der Waals surface area contributed by atoms with Gasteiger partial charge in [-0.15, -0.1) is 0 Å². The van der Waals surface area contributed by atoms with Gasteiger partial charge in [0.05, 0.1) is 0 Å². The molecule has 1 aromatic carbocycles. The number of hydrogen-bond acceptors (Lipinski definition) is 4. The van der Waals surface area contributed by atoms with E-state index >= 15 is 0 Å². The molecule has 0 spiro atoms. The van der Waals surface area contributed by atoms with Gasteiger partial charge in [-0.05, 0) is 76.3 Å². The lowest BCUT2D eigenvalue weighted by Gasteiger charge is -2.33. The van der Waals surface area contributed by atoms with Crippen LogP contribution < -0.4 is 10.1 Å². The molecule has 0 aliphatic carbocycles. The van der Waals surface area contributed by atoms with Crippen molar-refractivity contribution in [1.29, 1.82) is 0 Å². The molecule has 1 fully saturated rings. The van der Waals surface area contributed by atoms with E-state index in [1.54, 1.807) is 0 Å². The highest BCUT2D eigenvalue weighted by Gasteiger charge is 2.34. The molecule has 0 bridgehead atoms. The number of nitrogens with one attached hydrogen (secondary N) is 1. The minimum atomic E-state index is -0.815. The molecule has 1 aliphatic rings. The number of carbonyl (C=O) groups is 1. The molecule has 2 rings (SSSR count). The maximum atomic E-state index is 12.9. The number of piperidine rings is 1. The Morgan fingerprint density at radius 1 is 1.24 bits per heavy atom. The fourth-order valence-corrected chi connectivity index (χ4v) is 3.99. The fraction of sp³-hybridized carbons (Fsp3) is 0.708. The molecule has 5 heteroatoms. The number of nitrogens with zero attached hydrogens (tertiary/aromatic N) is 1. The average molecular weight is 405 g/mol. The summed E-state index contributed by atoms with van der Waals surface area (Å²) in [5.41, 5.74) is -0.0492. The lowest BCUT2D eigenvalue weighted by Crippen LogP contribution is -2.44. The standard InChI is InChI=1S/C24H40N2O3/c1-6-16-29-24(5,18-19(2)3)23(27)25-21-10-12-22(13-11-21)28-17-15-26-14-8-7-9-20(26)4/h10-13,19-20H,6-9,14-18H2,1-5H3,(H,25,27). The molecule has 1 amide bonds. The molecule has 1 heterocycles. The van der Waals surface area contributed by atoms with E-state index in [-0.39, 0.29) is 5.91 Å². The summed E-state index contributed by atoms with van der Waals surface area (Å²) in [6.45, 7) is 13.9. The maximum Gasteiger partial charge on any atom is 0.256 e. The molecule has 1 N–H and O–H groups in total. The zero-order valence-corrected chi connectivity index (χ0v) is 19.0. The molecular weight excluding hydrogens is 364 g/mol. The first-order chi connectivity index (χ1) is 13.8. The highest BCUT2D eigenvalue weighted by Crippen LogP contribution is 2.25. The fourth-order valence-electron chi connectivity index (χ4n) is 3.99. The van der Waals surface area contributed by atoms with Crippen LogP contribution >= 0.6 is 0 Å². The Kier molecular flexibility index (Phi) is 9.44. The van der Waals surface area contributed by atoms with Crippen molar-refractivity contribution in [3.05, 3.63) is 24.3 Å². The number of hydrogen-bond donors (Lipinski definition) is 1. The Balaban J connectivity index is 1.85. The largest absolute Gasteiger partial charge is 0.492 e. The van der Waals surface area contributed by atoms with Crippen molar-refractivity contribution in [2.75, 3.05) is 31.6 Å². The van der Waals surface area contributed by atoms with Gasteiger partial charge in [-0.25, -0.2) is 0 Å². The van der Waals surface area contributed by atoms with Crippen LogP contribution in [-0.2, 0) is 9.53 Å². The van der Waals surface area contributed by atoms with Crippen molar-refractivity contribution >= 4 is 11.6 Å². The van der Waals surface area contributed by atoms with Crippen LogP contribution in [0.25, 0.3) is 0 Å². The first kappa shape index (κ1) is 23.7. The van der Waals surface area contributed by atoms with Crippen LogP contribution in [0.3, 0.4) is 0 Å². The molecule has 1 saturated heterocycles. The third-order valence-electron chi connectivity index (χ3n) is 5.60. The summed E-state index contributed by atoms with van der Waals surface area (Å²) in [5, 5.41) is 3.01. The zero-order chi connectivity index (χ0) is 21.3. The van der Waals surface area contributed by atoms with Crippen molar-refractivity contribution < 1.29 is 14.3 Å². The predicted octanol–water partition coefficient (Wildman–Crippen LogP) is 5.11. The molecule has 0 aromatic heterocycles. The smallest absolute Gasteiger partial charge is 0.256 e. The summed E-state index contributed by atoms with van der Waals surface area (Å²) < 4.78 is 11.8. The molecular formula is C24H40N2O3. The molecule has 29 heavy (non-hydrogen) atoms. The Labute approximate surface area is 177 Å². The Bertz CT molecular complexity index is 617. The van der Waals surface area contributed by atoms with Crippen molar-refractivity contribution in [2.24, 2.45) is 5.92 Å². The van der Waals surface area contributed by atoms with Crippen LogP contribution in [0.4, 0.5) is 5.69 Å². The van der Waals surface area contributed by atoms with Crippen molar-refractivity contribution in [1.82, 2.24) is 4.90 Å². The van der Waals surface area contributed by atoms with E-state index in [9.17, 15) is 4.79 Å². The molecule has 2 atom stereocenters. The van der Waals surface area contributed by atoms with Crippen LogP contribution in [0.1, 0.15) is 66.7 Å². The number of ether oxygens (including phenoxy) is 2. The number of anilines is 1. The number of amides is 1. The zero-order valence-electron chi connectivity index (χ0n) is 19.0. The second-order valence-electron chi connectivity index (χ2n) is 8.89. The van der Waals surface area contributed by atoms with E-state index in [2.05, 4.69) is 37.9 Å². The van der Waals surface area contributed by atoms with E-state index < -0.39 is 5.60 Å². The van der Waals surface area contributed by atoms with Crippen LogP contribution in [0.15, 0.2) is 24.3 Å². The summed E-state index contributed by atoms with van der Waals surface area (Å²) in [6, 6.07) is 8.28. The van der Waals surface area contributed by atoms with Crippen LogP contribution in [-0.4, -0.2) is 48.8 Å². The van der Waals surface area contributed by atoms with Gasteiger partial charge in [0.25, 0.3) is 5.91 Å². The van der Waals surface area contributed by atoms with Crippen LogP contribution in [0, 0.1) is 5.92 Å². The molecule has 164 valence electrons. The van der Waals surface area contributed by atoms with E-state index in [1.807, 2.05) is 31.2 Å². The quantitative estimate of drug-likeness (QED) is 0.557. The summed E-state index contributed by atoms with van der Waals surface area (Å²) in [6.07, 6.45) is 5.49. The van der Waals surface area contributed by atoms with Gasteiger partial charge in [-0.2, -0.15) is 0 Å². The molecule has 1 aliphatic heterocycles. The van der Waals surface area contributed by atoms with Gasteiger partial charge in [0.15, 0.2) is 0 Å². The summed E-state index contributed by atoms with van der Waals surface area (Å²) in [4.78, 5) is 15.4. The van der Waals surface area contributed by atoms with Crippen LogP contribution in [0.5, 0.6) is 5.75 Å². The van der Waals surface area contributed by atoms with Gasteiger partial charge >= 0.3 is 0 Å². The van der Waals surface area contributed by atoms with E-state index in [0.29, 0.717) is 31.6 Å². The third kappa shape index (κ3) is 7.63. The van der Waals surface area contributed by atoms with E-state index in [1.165, 1.54) is 25.8 Å². The van der Waals surface area contributed by atoms with Gasteiger partial charge in [0, 0.05) is 24.9 Å². The molecule has 5 nitrogen and oxygen atoms in total. The molecule has 2 unspecified atom stereocenters. The lowest BCUT2D eigenvalue weighted by atomic mass is 9.93. The number of rotatable bonds is 11. The number of likely N-dealkylation sites (tertiary alicyclic amines) is 1. The summed E-state index contributed by atoms with van der Waals surface area (Å²) in [5.74, 6) is 1.12. The normalized spacial score (nSPS) is 19.7. The molecule has 1 aromatic rings. The van der Waals surface area contributed by atoms with Gasteiger partial charge < -0.3 is 14.8 Å². The Morgan fingerprint density at radius 3 is 2.59 bits per heavy atom. The van der Waals surface area contributed by atoms with E-state index in [0.717, 1.165) is 24.4 Å². The van der Waals surface area contributed by atoms with Gasteiger partial charge in [-0.3, -0.25) is 9.69 Å². The highest BCUT2D eigenvalue weighted by atomic mass is 16.5. The maximum absolute atomic E-state index is 12.9. The monoisotopic (exact) mass is 404 g/mol. The minimum Gasteiger partial charge on any atom is -0.492 e. The molecule has 0 radical (unpaired) electrons. The third-order valence-corrected chi connectivity index (χ3v) is 5.60. The van der Waals surface area contributed by atoms with Crippen molar-refractivity contribution in [3.8, 4) is 5.75 Å². The van der Waals surface area contributed by atoms with Gasteiger partial charge in [0.2, 0.25) is 0 Å². The minimum absolute atomic E-state index is 0.0904. The first-order valence-corrected chi connectivity index (χ1v) is 11.3. The van der Waals surface area contributed by atoms with E-state index in [4.69, 9.17) is 9.47 Å². The Morgan fingerprint density at radius 2 is 1.97 bits per heavy atom. The Hall–Kier alpha value is -1.59. The van der Waals surface area contributed by atoms with Crippen molar-refractivity contribution in [2.45, 2.75) is 78.4 Å². The number of benzene rings is 1. The average Bonchev–Trinajstić information content (AvgIpc) is 2.68. The first-order valence-electron chi connectivity index (χ1n) is 11.3. The van der Waals surface area contributed by atoms with Gasteiger partial charge in [0.1, 0.15) is 18.0 Å². The number of carbonyl (C=O) groups excluding carboxylic acids is 1. The lowest BCUT2D eigenvalue weighted by molar-refractivity contribution is -0.141. The summed E-state index contributed by atoms with van der Waals surface area (Å²) >= 11 is 0. The second-order valence-corrected chi connectivity index (χ2v) is 8.89. The highest BCUT2D eigenvalue weighted by molar-refractivity contribution is 5.97. The predicted molar refractivity (Wildman–Crippen MR) is 120 cm³/mol. The van der Waals surface area contributed by atoms with Crippen molar-refractivity contribution in [3.63, 3.8) is 0 Å². The van der Waals surface area contributed by atoms with Gasteiger partial charge in [-0.1, -0.05) is 27.2 Å².